The minimum Gasteiger partial charge on any atom is -0.478 e. The van der Waals surface area contributed by atoms with Gasteiger partial charge in [-0.2, -0.15) is 0 Å². The normalized spacial score (nSPS) is 16.8. The lowest BCUT2D eigenvalue weighted by Gasteiger charge is -2.23. The van der Waals surface area contributed by atoms with Gasteiger partial charge < -0.3 is 20.2 Å². The molecule has 0 atom stereocenters. The first-order valence-corrected chi connectivity index (χ1v) is 6.26. The molecule has 0 unspecified atom stereocenters. The van der Waals surface area contributed by atoms with Crippen LogP contribution in [-0.2, 0) is 0 Å². The molecule has 1 saturated heterocycles. The Labute approximate surface area is 109 Å². The molecule has 0 aliphatic carbocycles. The van der Waals surface area contributed by atoms with E-state index >= 15 is 0 Å². The molecule has 6 nitrogen and oxygen atoms in total. The molecule has 100 valence electrons. The Hall–Kier alpha value is -2.08. The Balaban J connectivity index is 1.85. The van der Waals surface area contributed by atoms with Crippen molar-refractivity contribution in [3.8, 4) is 0 Å². The molecule has 2 bridgehead atoms. The van der Waals surface area contributed by atoms with Gasteiger partial charge in [0.15, 0.2) is 0 Å². The fraction of sp³-hybridized carbons (Fsp3) is 0.385. The van der Waals surface area contributed by atoms with Gasteiger partial charge in [-0.3, -0.25) is 4.79 Å². The summed E-state index contributed by atoms with van der Waals surface area (Å²) >= 11 is 0. The van der Waals surface area contributed by atoms with Crippen LogP contribution in [0, 0.1) is 0 Å². The van der Waals surface area contributed by atoms with Crippen LogP contribution >= 0.6 is 0 Å². The first kappa shape index (κ1) is 12.0. The monoisotopic (exact) mass is 262 g/mol. The number of hydrogen-bond donors (Lipinski definition) is 3. The Kier molecular flexibility index (Phi) is 2.87. The molecular formula is C13H14N2O4. The highest BCUT2D eigenvalue weighted by atomic mass is 16.4. The van der Waals surface area contributed by atoms with Crippen LogP contribution in [0.3, 0.4) is 0 Å². The van der Waals surface area contributed by atoms with E-state index in [1.807, 2.05) is 0 Å². The molecule has 0 aromatic carbocycles. The lowest BCUT2D eigenvalue weighted by atomic mass is 10.0. The lowest BCUT2D eigenvalue weighted by molar-refractivity contribution is 0.0692. The Morgan fingerprint density at radius 1 is 1.21 bits per heavy atom. The second-order valence-corrected chi connectivity index (χ2v) is 4.72. The van der Waals surface area contributed by atoms with E-state index in [0.29, 0.717) is 5.58 Å². The predicted octanol–water partition coefficient (Wildman–Crippen LogP) is 1.05. The van der Waals surface area contributed by atoms with E-state index in [2.05, 4.69) is 10.6 Å². The Morgan fingerprint density at radius 3 is 2.47 bits per heavy atom. The van der Waals surface area contributed by atoms with Crippen molar-refractivity contribution in [2.24, 2.45) is 0 Å². The quantitative estimate of drug-likeness (QED) is 0.769. The van der Waals surface area contributed by atoms with Crippen molar-refractivity contribution < 1.29 is 19.1 Å². The third-order valence-corrected chi connectivity index (χ3v) is 3.46. The second-order valence-electron chi connectivity index (χ2n) is 4.72. The summed E-state index contributed by atoms with van der Waals surface area (Å²) in [6, 6.07) is 3.28. The minimum absolute atomic E-state index is 0.0380. The number of carboxylic acids is 1. The molecule has 1 amide bonds. The minimum atomic E-state index is -1.13. The zero-order chi connectivity index (χ0) is 13.4. The van der Waals surface area contributed by atoms with Crippen molar-refractivity contribution in [1.29, 1.82) is 0 Å². The third-order valence-electron chi connectivity index (χ3n) is 3.46. The average Bonchev–Trinajstić information content (AvgIpc) is 2.99. The van der Waals surface area contributed by atoms with Gasteiger partial charge in [0.05, 0.1) is 0 Å². The number of aromatic carboxylic acids is 1. The summed E-state index contributed by atoms with van der Waals surface area (Å²) in [4.78, 5) is 23.4. The Bertz CT molecular complexity index is 613. The van der Waals surface area contributed by atoms with E-state index in [-0.39, 0.29) is 28.7 Å². The third kappa shape index (κ3) is 2.04. The number of piperidine rings is 1. The maximum Gasteiger partial charge on any atom is 0.340 e. The van der Waals surface area contributed by atoms with E-state index in [1.54, 1.807) is 12.1 Å². The van der Waals surface area contributed by atoms with Gasteiger partial charge in [-0.1, -0.05) is 0 Å². The van der Waals surface area contributed by atoms with Crippen LogP contribution < -0.4 is 10.6 Å². The average molecular weight is 262 g/mol. The molecule has 1 fully saturated rings. The molecule has 6 heteroatoms. The van der Waals surface area contributed by atoms with Gasteiger partial charge in [-0.25, -0.2) is 4.79 Å². The zero-order valence-corrected chi connectivity index (χ0v) is 10.2. The highest BCUT2D eigenvalue weighted by Gasteiger charge is 2.28. The van der Waals surface area contributed by atoms with Crippen LogP contribution in [0.4, 0.5) is 0 Å². The van der Waals surface area contributed by atoms with Crippen molar-refractivity contribution in [2.75, 3.05) is 13.1 Å². The van der Waals surface area contributed by atoms with Crippen molar-refractivity contribution in [2.45, 2.75) is 18.9 Å². The van der Waals surface area contributed by atoms with Crippen LogP contribution in [0.15, 0.2) is 16.5 Å². The molecule has 0 radical (unpaired) electrons. The number of carboxylic acid groups (broad SMARTS) is 1. The van der Waals surface area contributed by atoms with Crippen LogP contribution in [-0.4, -0.2) is 36.1 Å². The standard InChI is InChI=1S/C13H14N2O4/c16-12(15-7-3-5-14-6-4-7)10-8-1-2-9(19-8)11(10)13(17)18/h1-2,7,14H,3-6H2,(H,15,16)(H,17,18). The number of amides is 1. The van der Waals surface area contributed by atoms with Gasteiger partial charge in [0.2, 0.25) is 0 Å². The molecule has 0 saturated carbocycles. The molecule has 2 aromatic rings. The number of rotatable bonds is 3. The molecule has 3 heterocycles. The lowest BCUT2D eigenvalue weighted by Crippen LogP contribution is -2.43. The number of hydrogen-bond acceptors (Lipinski definition) is 4. The van der Waals surface area contributed by atoms with Crippen LogP contribution in [0.25, 0.3) is 11.2 Å². The number of carbonyl (C=O) groups excluding carboxylic acids is 1. The first-order valence-electron chi connectivity index (χ1n) is 6.26. The SMILES string of the molecule is O=C(O)c1c(C(=O)NC2CCNCC2)c2ccc1o2. The molecule has 2 aromatic heterocycles. The smallest absolute Gasteiger partial charge is 0.340 e. The van der Waals surface area contributed by atoms with Crippen LogP contribution in [0.1, 0.15) is 33.6 Å². The van der Waals surface area contributed by atoms with Gasteiger partial charge in [-0.15, -0.1) is 0 Å². The summed E-state index contributed by atoms with van der Waals surface area (Å²) in [7, 11) is 0. The molecule has 0 spiro atoms. The number of nitrogens with one attached hydrogen (secondary N) is 2. The summed E-state index contributed by atoms with van der Waals surface area (Å²) in [5.74, 6) is -1.50. The van der Waals surface area contributed by atoms with E-state index < -0.39 is 5.97 Å². The fourth-order valence-corrected chi connectivity index (χ4v) is 2.51. The van der Waals surface area contributed by atoms with Gasteiger partial charge in [-0.05, 0) is 38.1 Å². The number of furan rings is 2. The second kappa shape index (κ2) is 4.55. The van der Waals surface area contributed by atoms with Crippen molar-refractivity contribution in [1.82, 2.24) is 10.6 Å². The molecule has 3 rings (SSSR count). The van der Waals surface area contributed by atoms with E-state index in [4.69, 9.17) is 9.52 Å². The zero-order valence-electron chi connectivity index (χ0n) is 10.2. The van der Waals surface area contributed by atoms with Gasteiger partial charge in [0.1, 0.15) is 22.3 Å². The molecule has 19 heavy (non-hydrogen) atoms. The van der Waals surface area contributed by atoms with E-state index in [1.165, 1.54) is 0 Å². The Morgan fingerprint density at radius 2 is 1.84 bits per heavy atom. The van der Waals surface area contributed by atoms with Crippen LogP contribution in [0.2, 0.25) is 0 Å². The maximum atomic E-state index is 12.2. The van der Waals surface area contributed by atoms with Crippen molar-refractivity contribution in [3.63, 3.8) is 0 Å². The predicted molar refractivity (Wildman–Crippen MR) is 67.7 cm³/mol. The van der Waals surface area contributed by atoms with Gasteiger partial charge in [0.25, 0.3) is 5.91 Å². The molecule has 3 N–H and O–H groups in total. The fourth-order valence-electron chi connectivity index (χ4n) is 2.51. The summed E-state index contributed by atoms with van der Waals surface area (Å²) in [5, 5.41) is 15.3. The number of fused-ring (bicyclic) bond motifs is 2. The van der Waals surface area contributed by atoms with E-state index in [9.17, 15) is 9.59 Å². The topological polar surface area (TPSA) is 91.6 Å². The summed E-state index contributed by atoms with van der Waals surface area (Å²) < 4.78 is 5.26. The maximum absolute atomic E-state index is 12.2. The molecule has 1 aliphatic heterocycles. The van der Waals surface area contributed by atoms with Gasteiger partial charge in [0, 0.05) is 6.04 Å². The van der Waals surface area contributed by atoms with Crippen molar-refractivity contribution in [3.05, 3.63) is 23.3 Å². The summed E-state index contributed by atoms with van der Waals surface area (Å²) in [6.07, 6.45) is 1.70. The number of benzene rings is 1. The first-order chi connectivity index (χ1) is 9.16. The summed E-state index contributed by atoms with van der Waals surface area (Å²) in [6.45, 7) is 1.72. The highest BCUT2D eigenvalue weighted by molar-refractivity contribution is 6.14. The summed E-state index contributed by atoms with van der Waals surface area (Å²) in [5.41, 5.74) is 0.685. The molecular weight excluding hydrogens is 248 g/mol. The van der Waals surface area contributed by atoms with Gasteiger partial charge >= 0.3 is 5.97 Å². The molecule has 1 aliphatic rings. The van der Waals surface area contributed by atoms with Crippen LogP contribution in [0.5, 0.6) is 0 Å². The number of carbonyl (C=O) groups is 2. The van der Waals surface area contributed by atoms with E-state index in [0.717, 1.165) is 25.9 Å². The van der Waals surface area contributed by atoms with Crippen molar-refractivity contribution >= 4 is 23.0 Å². The highest BCUT2D eigenvalue weighted by Crippen LogP contribution is 2.28. The largest absolute Gasteiger partial charge is 0.478 e.